The average Bonchev–Trinajstić information content (AvgIpc) is 2.65. The zero-order valence-electron chi connectivity index (χ0n) is 8.97. The Kier molecular flexibility index (Phi) is 2.63. The highest BCUT2D eigenvalue weighted by atomic mass is 32.1. The third-order valence-electron chi connectivity index (χ3n) is 2.99. The fourth-order valence-corrected chi connectivity index (χ4v) is 3.11. The Balaban J connectivity index is 1.71. The maximum atomic E-state index is 8.94. The van der Waals surface area contributed by atoms with Crippen LogP contribution < -0.4 is 0 Å². The summed E-state index contributed by atoms with van der Waals surface area (Å²) in [6.07, 6.45) is 0. The summed E-state index contributed by atoms with van der Waals surface area (Å²) in [5, 5.41) is 10.1. The number of rotatable bonds is 3. The van der Waals surface area contributed by atoms with E-state index in [9.17, 15) is 0 Å². The first kappa shape index (κ1) is 10.2. The van der Waals surface area contributed by atoms with Gasteiger partial charge in [0.05, 0.1) is 16.8 Å². The number of para-hydroxylation sites is 1. The lowest BCUT2D eigenvalue weighted by Gasteiger charge is -2.37. The van der Waals surface area contributed by atoms with Gasteiger partial charge in [0, 0.05) is 25.6 Å². The van der Waals surface area contributed by atoms with E-state index in [0.717, 1.165) is 25.2 Å². The van der Waals surface area contributed by atoms with E-state index in [-0.39, 0.29) is 0 Å². The molecule has 1 aliphatic rings. The van der Waals surface area contributed by atoms with E-state index in [1.807, 2.05) is 6.07 Å². The summed E-state index contributed by atoms with van der Waals surface area (Å²) < 4.78 is 1.26. The zero-order valence-corrected chi connectivity index (χ0v) is 9.78. The number of hydrogen-bond acceptors (Lipinski definition) is 4. The predicted octanol–water partition coefficient (Wildman–Crippen LogP) is 1.72. The van der Waals surface area contributed by atoms with Crippen LogP contribution in [0.4, 0.5) is 0 Å². The van der Waals surface area contributed by atoms with Gasteiger partial charge in [-0.1, -0.05) is 12.1 Å². The van der Waals surface area contributed by atoms with Crippen LogP contribution in [0.2, 0.25) is 0 Å². The van der Waals surface area contributed by atoms with E-state index in [2.05, 4.69) is 28.1 Å². The molecule has 1 aromatic carbocycles. The van der Waals surface area contributed by atoms with Crippen molar-refractivity contribution >= 4 is 21.6 Å². The number of nitrogens with zero attached hydrogens (tertiary/aromatic N) is 2. The lowest BCUT2D eigenvalue weighted by molar-refractivity contribution is 0.0479. The van der Waals surface area contributed by atoms with Crippen molar-refractivity contribution in [3.63, 3.8) is 0 Å². The van der Waals surface area contributed by atoms with E-state index in [4.69, 9.17) is 5.11 Å². The van der Waals surface area contributed by atoms with Crippen LogP contribution in [0.25, 0.3) is 10.2 Å². The molecular weight excluding hydrogens is 220 g/mol. The molecule has 2 heterocycles. The molecule has 0 saturated carbocycles. The Morgan fingerprint density at radius 2 is 2.19 bits per heavy atom. The lowest BCUT2D eigenvalue weighted by Crippen LogP contribution is -2.47. The Hall–Kier alpha value is -0.970. The minimum atomic E-state index is 0.316. The van der Waals surface area contributed by atoms with Crippen molar-refractivity contribution in [1.82, 2.24) is 9.88 Å². The summed E-state index contributed by atoms with van der Waals surface area (Å²) in [5.74, 6) is 0.481. The Bertz CT molecular complexity index is 457. The van der Waals surface area contributed by atoms with Gasteiger partial charge >= 0.3 is 0 Å². The number of aromatic nitrogens is 1. The third-order valence-corrected chi connectivity index (χ3v) is 4.01. The summed E-state index contributed by atoms with van der Waals surface area (Å²) in [7, 11) is 0. The number of aliphatic hydroxyl groups is 1. The minimum Gasteiger partial charge on any atom is -0.396 e. The van der Waals surface area contributed by atoms with Gasteiger partial charge < -0.3 is 5.11 Å². The first-order valence-corrected chi connectivity index (χ1v) is 6.34. The van der Waals surface area contributed by atoms with Crippen molar-refractivity contribution in [3.8, 4) is 0 Å². The van der Waals surface area contributed by atoms with Crippen LogP contribution in [-0.2, 0) is 6.54 Å². The van der Waals surface area contributed by atoms with Crippen LogP contribution in [0.3, 0.4) is 0 Å². The molecule has 4 heteroatoms. The number of thiazole rings is 1. The van der Waals surface area contributed by atoms with Gasteiger partial charge in [0.1, 0.15) is 5.01 Å². The molecule has 1 fully saturated rings. The van der Waals surface area contributed by atoms with Gasteiger partial charge in [-0.15, -0.1) is 11.3 Å². The molecule has 1 aliphatic heterocycles. The molecule has 0 unspecified atom stereocenters. The summed E-state index contributed by atoms with van der Waals surface area (Å²) in [6.45, 7) is 3.26. The number of benzene rings is 1. The molecule has 1 saturated heterocycles. The fraction of sp³-hybridized carbons (Fsp3) is 0.417. The van der Waals surface area contributed by atoms with E-state index in [1.165, 1.54) is 9.71 Å². The Morgan fingerprint density at radius 3 is 2.94 bits per heavy atom. The quantitative estimate of drug-likeness (QED) is 0.878. The van der Waals surface area contributed by atoms with Crippen LogP contribution in [0, 0.1) is 5.92 Å². The number of hydrogen-bond donors (Lipinski definition) is 1. The van der Waals surface area contributed by atoms with Crippen LogP contribution in [0.5, 0.6) is 0 Å². The van der Waals surface area contributed by atoms with Gasteiger partial charge in [-0.3, -0.25) is 4.90 Å². The second-order valence-corrected chi connectivity index (χ2v) is 5.43. The molecule has 0 spiro atoms. The molecule has 84 valence electrons. The summed E-state index contributed by atoms with van der Waals surface area (Å²) in [6, 6.07) is 8.25. The van der Waals surface area contributed by atoms with E-state index in [0.29, 0.717) is 12.5 Å². The van der Waals surface area contributed by atoms with Crippen LogP contribution >= 0.6 is 11.3 Å². The van der Waals surface area contributed by atoms with E-state index in [1.54, 1.807) is 11.3 Å². The maximum Gasteiger partial charge on any atom is 0.108 e. The molecule has 0 aliphatic carbocycles. The van der Waals surface area contributed by atoms with E-state index >= 15 is 0 Å². The molecule has 0 atom stereocenters. The van der Waals surface area contributed by atoms with Gasteiger partial charge in [0.25, 0.3) is 0 Å². The highest BCUT2D eigenvalue weighted by Crippen LogP contribution is 2.25. The molecule has 16 heavy (non-hydrogen) atoms. The molecule has 0 radical (unpaired) electrons. The SMILES string of the molecule is OCC1CN(Cc2nc3ccccc3s2)C1. The predicted molar refractivity (Wildman–Crippen MR) is 65.5 cm³/mol. The van der Waals surface area contributed by atoms with Crippen LogP contribution in [-0.4, -0.2) is 34.7 Å². The van der Waals surface area contributed by atoms with Gasteiger partial charge in [-0.25, -0.2) is 4.98 Å². The van der Waals surface area contributed by atoms with Gasteiger partial charge in [0.2, 0.25) is 0 Å². The van der Waals surface area contributed by atoms with Crippen molar-refractivity contribution in [2.75, 3.05) is 19.7 Å². The highest BCUT2D eigenvalue weighted by molar-refractivity contribution is 7.18. The van der Waals surface area contributed by atoms with E-state index < -0.39 is 0 Å². The lowest BCUT2D eigenvalue weighted by atomic mass is 10.0. The first-order valence-electron chi connectivity index (χ1n) is 5.53. The molecule has 1 N–H and O–H groups in total. The largest absolute Gasteiger partial charge is 0.396 e. The number of aliphatic hydroxyl groups excluding tert-OH is 1. The Morgan fingerprint density at radius 1 is 1.38 bits per heavy atom. The maximum absolute atomic E-state index is 8.94. The zero-order chi connectivity index (χ0) is 11.0. The second-order valence-electron chi connectivity index (χ2n) is 4.32. The minimum absolute atomic E-state index is 0.316. The summed E-state index contributed by atoms with van der Waals surface area (Å²) in [4.78, 5) is 6.93. The standard InChI is InChI=1S/C12H14N2OS/c15-8-9-5-14(6-9)7-12-13-10-3-1-2-4-11(10)16-12/h1-4,9,15H,5-8H2. The van der Waals surface area contributed by atoms with Gasteiger partial charge in [0.15, 0.2) is 0 Å². The number of fused-ring (bicyclic) bond motifs is 1. The molecule has 1 aromatic heterocycles. The van der Waals surface area contributed by atoms with Crippen LogP contribution in [0.1, 0.15) is 5.01 Å². The van der Waals surface area contributed by atoms with Crippen molar-refractivity contribution in [2.24, 2.45) is 5.92 Å². The molecule has 0 bridgehead atoms. The van der Waals surface area contributed by atoms with Crippen molar-refractivity contribution in [3.05, 3.63) is 29.3 Å². The third kappa shape index (κ3) is 1.84. The van der Waals surface area contributed by atoms with Crippen molar-refractivity contribution < 1.29 is 5.11 Å². The molecule has 0 amide bonds. The molecular formula is C12H14N2OS. The summed E-state index contributed by atoms with van der Waals surface area (Å²) >= 11 is 1.77. The summed E-state index contributed by atoms with van der Waals surface area (Å²) in [5.41, 5.74) is 1.10. The normalized spacial score (nSPS) is 17.8. The average molecular weight is 234 g/mol. The van der Waals surface area contributed by atoms with Crippen molar-refractivity contribution in [1.29, 1.82) is 0 Å². The molecule has 3 nitrogen and oxygen atoms in total. The topological polar surface area (TPSA) is 36.4 Å². The number of likely N-dealkylation sites (tertiary alicyclic amines) is 1. The molecule has 3 rings (SSSR count). The van der Waals surface area contributed by atoms with Gasteiger partial charge in [-0.05, 0) is 12.1 Å². The van der Waals surface area contributed by atoms with Gasteiger partial charge in [-0.2, -0.15) is 0 Å². The molecule has 2 aromatic rings. The second kappa shape index (κ2) is 4.13. The first-order chi connectivity index (χ1) is 7.85. The monoisotopic (exact) mass is 234 g/mol. The van der Waals surface area contributed by atoms with Crippen LogP contribution in [0.15, 0.2) is 24.3 Å². The smallest absolute Gasteiger partial charge is 0.108 e. The fourth-order valence-electron chi connectivity index (χ4n) is 2.10. The van der Waals surface area contributed by atoms with Crippen molar-refractivity contribution in [2.45, 2.75) is 6.54 Å². The Labute approximate surface area is 98.3 Å². The highest BCUT2D eigenvalue weighted by Gasteiger charge is 2.26.